The first kappa shape index (κ1) is 15.9. The van der Waals surface area contributed by atoms with Gasteiger partial charge in [-0.1, -0.05) is 35.9 Å². The summed E-state index contributed by atoms with van der Waals surface area (Å²) in [7, 11) is 1.73. The maximum Gasteiger partial charge on any atom is 0.276 e. The summed E-state index contributed by atoms with van der Waals surface area (Å²) < 4.78 is 1.57. The Labute approximate surface area is 139 Å². The standard InChI is InChI=1S/C19H19N3O2/c1-12-8-9-16-15(10-12)18(23)17(21-22(16)3)19(24)20-11-14-7-5-4-6-13(14)2/h4-10H,11H2,1-3H3,(H,20,24). The van der Waals surface area contributed by atoms with Crippen LogP contribution in [0.5, 0.6) is 0 Å². The van der Waals surface area contributed by atoms with E-state index in [2.05, 4.69) is 10.4 Å². The summed E-state index contributed by atoms with van der Waals surface area (Å²) in [6, 6.07) is 13.4. The number of carbonyl (C=O) groups excluding carboxylic acids is 1. The number of aromatic nitrogens is 2. The first-order valence-corrected chi connectivity index (χ1v) is 7.78. The Morgan fingerprint density at radius 2 is 1.92 bits per heavy atom. The molecule has 0 atom stereocenters. The van der Waals surface area contributed by atoms with E-state index in [-0.39, 0.29) is 11.1 Å². The third-order valence-electron chi connectivity index (χ3n) is 4.13. The minimum Gasteiger partial charge on any atom is -0.346 e. The largest absolute Gasteiger partial charge is 0.346 e. The summed E-state index contributed by atoms with van der Waals surface area (Å²) in [5, 5.41) is 7.45. The maximum atomic E-state index is 12.6. The Hall–Kier alpha value is -2.95. The molecule has 0 spiro atoms. The smallest absolute Gasteiger partial charge is 0.276 e. The lowest BCUT2D eigenvalue weighted by Crippen LogP contribution is -2.31. The molecule has 1 amide bonds. The summed E-state index contributed by atoms with van der Waals surface area (Å²) in [5.74, 6) is -0.456. The summed E-state index contributed by atoms with van der Waals surface area (Å²) in [5.41, 5.74) is 3.36. The highest BCUT2D eigenvalue weighted by atomic mass is 16.2. The maximum absolute atomic E-state index is 12.6. The van der Waals surface area contributed by atoms with E-state index in [1.165, 1.54) is 0 Å². The van der Waals surface area contributed by atoms with Gasteiger partial charge in [-0.05, 0) is 37.1 Å². The first-order valence-electron chi connectivity index (χ1n) is 7.78. The van der Waals surface area contributed by atoms with E-state index in [0.29, 0.717) is 17.4 Å². The molecule has 5 heteroatoms. The number of amides is 1. The van der Waals surface area contributed by atoms with Crippen LogP contribution in [-0.2, 0) is 13.6 Å². The Kier molecular flexibility index (Phi) is 4.16. The quantitative estimate of drug-likeness (QED) is 0.806. The van der Waals surface area contributed by atoms with E-state index >= 15 is 0 Å². The van der Waals surface area contributed by atoms with E-state index in [4.69, 9.17) is 0 Å². The van der Waals surface area contributed by atoms with Crippen molar-refractivity contribution in [1.82, 2.24) is 15.1 Å². The van der Waals surface area contributed by atoms with E-state index in [9.17, 15) is 9.59 Å². The van der Waals surface area contributed by atoms with Crippen molar-refractivity contribution < 1.29 is 4.79 Å². The lowest BCUT2D eigenvalue weighted by Gasteiger charge is -2.10. The number of benzene rings is 2. The molecule has 24 heavy (non-hydrogen) atoms. The predicted molar refractivity (Wildman–Crippen MR) is 94.1 cm³/mol. The van der Waals surface area contributed by atoms with Crippen molar-refractivity contribution in [3.05, 3.63) is 75.1 Å². The van der Waals surface area contributed by atoms with Gasteiger partial charge in [-0.3, -0.25) is 14.3 Å². The molecule has 0 saturated heterocycles. The molecule has 3 rings (SSSR count). The average molecular weight is 321 g/mol. The van der Waals surface area contributed by atoms with Crippen LogP contribution in [0.3, 0.4) is 0 Å². The van der Waals surface area contributed by atoms with Crippen LogP contribution in [0.15, 0.2) is 47.3 Å². The number of aryl methyl sites for hydroxylation is 3. The van der Waals surface area contributed by atoms with E-state index in [0.717, 1.165) is 16.7 Å². The van der Waals surface area contributed by atoms with Crippen LogP contribution in [0.2, 0.25) is 0 Å². The van der Waals surface area contributed by atoms with Gasteiger partial charge in [-0.25, -0.2) is 0 Å². The molecule has 0 fully saturated rings. The van der Waals surface area contributed by atoms with Crippen LogP contribution in [0.1, 0.15) is 27.2 Å². The van der Waals surface area contributed by atoms with E-state index < -0.39 is 5.91 Å². The highest BCUT2D eigenvalue weighted by Gasteiger charge is 2.16. The fourth-order valence-corrected chi connectivity index (χ4v) is 2.71. The number of carbonyl (C=O) groups is 1. The highest BCUT2D eigenvalue weighted by molar-refractivity contribution is 5.95. The summed E-state index contributed by atoms with van der Waals surface area (Å²) in [4.78, 5) is 25.1. The monoisotopic (exact) mass is 321 g/mol. The molecule has 0 aliphatic carbocycles. The molecule has 1 aromatic heterocycles. The molecular formula is C19H19N3O2. The molecule has 2 aromatic carbocycles. The Morgan fingerprint density at radius 3 is 2.67 bits per heavy atom. The van der Waals surface area contributed by atoms with Crippen molar-refractivity contribution in [2.24, 2.45) is 7.05 Å². The topological polar surface area (TPSA) is 64.0 Å². The van der Waals surface area contributed by atoms with Crippen molar-refractivity contribution in [3.63, 3.8) is 0 Å². The van der Waals surface area contributed by atoms with Crippen molar-refractivity contribution in [3.8, 4) is 0 Å². The van der Waals surface area contributed by atoms with Gasteiger partial charge in [0, 0.05) is 13.6 Å². The van der Waals surface area contributed by atoms with E-state index in [1.807, 2.05) is 50.2 Å². The zero-order valence-electron chi connectivity index (χ0n) is 14.0. The van der Waals surface area contributed by atoms with Crippen LogP contribution in [0.4, 0.5) is 0 Å². The molecule has 5 nitrogen and oxygen atoms in total. The van der Waals surface area contributed by atoms with Crippen molar-refractivity contribution in [1.29, 1.82) is 0 Å². The molecule has 1 heterocycles. The normalized spacial score (nSPS) is 10.8. The molecule has 1 N–H and O–H groups in total. The molecule has 0 unspecified atom stereocenters. The Balaban J connectivity index is 1.94. The van der Waals surface area contributed by atoms with Gasteiger partial charge in [0.25, 0.3) is 5.91 Å². The zero-order valence-corrected chi connectivity index (χ0v) is 14.0. The van der Waals surface area contributed by atoms with Crippen molar-refractivity contribution in [2.45, 2.75) is 20.4 Å². The van der Waals surface area contributed by atoms with Gasteiger partial charge in [0.05, 0.1) is 10.9 Å². The third kappa shape index (κ3) is 2.93. The van der Waals surface area contributed by atoms with Gasteiger partial charge in [-0.15, -0.1) is 0 Å². The summed E-state index contributed by atoms with van der Waals surface area (Å²) >= 11 is 0. The molecule has 0 bridgehead atoms. The second-order valence-electron chi connectivity index (χ2n) is 5.93. The Morgan fingerprint density at radius 1 is 1.17 bits per heavy atom. The third-order valence-corrected chi connectivity index (χ3v) is 4.13. The number of hydrogen-bond donors (Lipinski definition) is 1. The molecule has 0 aliphatic heterocycles. The van der Waals surface area contributed by atoms with Gasteiger partial charge >= 0.3 is 0 Å². The van der Waals surface area contributed by atoms with Gasteiger partial charge in [0.2, 0.25) is 5.43 Å². The fraction of sp³-hybridized carbons (Fsp3) is 0.211. The fourth-order valence-electron chi connectivity index (χ4n) is 2.71. The number of rotatable bonds is 3. The van der Waals surface area contributed by atoms with Crippen molar-refractivity contribution >= 4 is 16.8 Å². The van der Waals surface area contributed by atoms with Crippen LogP contribution in [0.25, 0.3) is 10.9 Å². The second-order valence-corrected chi connectivity index (χ2v) is 5.93. The number of nitrogens with zero attached hydrogens (tertiary/aromatic N) is 2. The molecule has 0 radical (unpaired) electrons. The van der Waals surface area contributed by atoms with Gasteiger partial charge in [-0.2, -0.15) is 5.10 Å². The molecule has 3 aromatic rings. The lowest BCUT2D eigenvalue weighted by molar-refractivity contribution is 0.0943. The van der Waals surface area contributed by atoms with Crippen LogP contribution >= 0.6 is 0 Å². The lowest BCUT2D eigenvalue weighted by atomic mass is 10.1. The van der Waals surface area contributed by atoms with Crippen LogP contribution < -0.4 is 10.7 Å². The SMILES string of the molecule is Cc1ccc2c(c1)c(=O)c(C(=O)NCc1ccccc1C)nn2C. The van der Waals surface area contributed by atoms with Gasteiger partial charge in [0.1, 0.15) is 0 Å². The molecule has 0 saturated carbocycles. The zero-order chi connectivity index (χ0) is 17.3. The molecular weight excluding hydrogens is 302 g/mol. The van der Waals surface area contributed by atoms with E-state index in [1.54, 1.807) is 17.8 Å². The number of hydrogen-bond acceptors (Lipinski definition) is 3. The van der Waals surface area contributed by atoms with Crippen LogP contribution in [0, 0.1) is 13.8 Å². The predicted octanol–water partition coefficient (Wildman–Crippen LogP) is 2.48. The average Bonchev–Trinajstić information content (AvgIpc) is 2.57. The molecule has 0 aliphatic rings. The van der Waals surface area contributed by atoms with Gasteiger partial charge < -0.3 is 5.32 Å². The highest BCUT2D eigenvalue weighted by Crippen LogP contribution is 2.11. The first-order chi connectivity index (χ1) is 11.5. The minimum atomic E-state index is -0.456. The van der Waals surface area contributed by atoms with Gasteiger partial charge in [0.15, 0.2) is 5.69 Å². The second kappa shape index (κ2) is 6.28. The number of nitrogens with one attached hydrogen (secondary N) is 1. The summed E-state index contributed by atoms with van der Waals surface area (Å²) in [6.07, 6.45) is 0. The molecule has 122 valence electrons. The summed E-state index contributed by atoms with van der Waals surface area (Å²) in [6.45, 7) is 4.26. The van der Waals surface area contributed by atoms with Crippen molar-refractivity contribution in [2.75, 3.05) is 0 Å². The number of fused-ring (bicyclic) bond motifs is 1. The minimum absolute atomic E-state index is 0.0795. The van der Waals surface area contributed by atoms with Crippen LogP contribution in [-0.4, -0.2) is 15.7 Å². The Bertz CT molecular complexity index is 990.